The molecule has 2 rings (SSSR count). The van der Waals surface area contributed by atoms with Crippen molar-refractivity contribution in [1.82, 2.24) is 14.7 Å². The van der Waals surface area contributed by atoms with Crippen LogP contribution in [0.2, 0.25) is 0 Å². The molecule has 1 saturated carbocycles. The van der Waals surface area contributed by atoms with Gasteiger partial charge in [0.05, 0.1) is 11.3 Å². The molecule has 0 bridgehead atoms. The lowest BCUT2D eigenvalue weighted by atomic mass is 10.1. The highest BCUT2D eigenvalue weighted by Crippen LogP contribution is 2.29. The Morgan fingerprint density at radius 1 is 1.65 bits per heavy atom. The molecule has 7 nitrogen and oxygen atoms in total. The van der Waals surface area contributed by atoms with Crippen molar-refractivity contribution >= 4 is 11.7 Å². The highest BCUT2D eigenvalue weighted by molar-refractivity contribution is 5.95. The summed E-state index contributed by atoms with van der Waals surface area (Å²) in [7, 11) is 1.81. The Balaban J connectivity index is 2.14. The molecule has 1 aliphatic rings. The van der Waals surface area contributed by atoms with E-state index in [1.807, 2.05) is 18.9 Å². The maximum atomic E-state index is 12.6. The molecule has 110 valence electrons. The number of aromatic nitrogens is 2. The predicted molar refractivity (Wildman–Crippen MR) is 74.7 cm³/mol. The fourth-order valence-electron chi connectivity index (χ4n) is 2.25. The Morgan fingerprint density at radius 3 is 2.90 bits per heavy atom. The monoisotopic (exact) mass is 279 g/mol. The van der Waals surface area contributed by atoms with Crippen molar-refractivity contribution in [2.24, 2.45) is 17.9 Å². The van der Waals surface area contributed by atoms with E-state index < -0.39 is 0 Å². The minimum atomic E-state index is -0.0109. The van der Waals surface area contributed by atoms with Gasteiger partial charge in [-0.25, -0.2) is 0 Å². The molecule has 3 N–H and O–H groups in total. The Labute approximate surface area is 118 Å². The van der Waals surface area contributed by atoms with E-state index in [1.54, 1.807) is 10.9 Å². The molecule has 0 aliphatic heterocycles. The molecule has 0 atom stereocenters. The molecule has 0 radical (unpaired) electrons. The van der Waals surface area contributed by atoms with E-state index in [2.05, 4.69) is 10.3 Å². The van der Waals surface area contributed by atoms with Gasteiger partial charge in [0, 0.05) is 32.3 Å². The van der Waals surface area contributed by atoms with Crippen LogP contribution in [0, 0.1) is 0 Å². The van der Waals surface area contributed by atoms with Gasteiger partial charge in [-0.3, -0.25) is 9.48 Å². The predicted octanol–water partition coefficient (Wildman–Crippen LogP) is 0.724. The van der Waals surface area contributed by atoms with Crippen LogP contribution in [0.25, 0.3) is 0 Å². The number of nitrogens with two attached hydrogens (primary N) is 1. The number of rotatable bonds is 6. The van der Waals surface area contributed by atoms with Gasteiger partial charge in [-0.2, -0.15) is 5.10 Å². The lowest BCUT2D eigenvalue weighted by Crippen LogP contribution is -2.36. The van der Waals surface area contributed by atoms with Crippen molar-refractivity contribution in [3.05, 3.63) is 17.5 Å². The minimum Gasteiger partial charge on any atom is -0.409 e. The first-order chi connectivity index (χ1) is 9.56. The Kier molecular flexibility index (Phi) is 4.26. The molecular weight excluding hydrogens is 258 g/mol. The first-order valence-corrected chi connectivity index (χ1v) is 6.86. The lowest BCUT2D eigenvalue weighted by Gasteiger charge is -2.22. The topological polar surface area (TPSA) is 96.7 Å². The quantitative estimate of drug-likeness (QED) is 0.347. The van der Waals surface area contributed by atoms with Crippen molar-refractivity contribution < 1.29 is 10.0 Å². The van der Waals surface area contributed by atoms with Crippen LogP contribution < -0.4 is 5.73 Å². The van der Waals surface area contributed by atoms with Crippen molar-refractivity contribution in [1.29, 1.82) is 0 Å². The Bertz CT molecular complexity index is 519. The second-order valence-electron chi connectivity index (χ2n) is 5.09. The van der Waals surface area contributed by atoms with Crippen LogP contribution in [0.5, 0.6) is 0 Å². The first kappa shape index (κ1) is 14.4. The van der Waals surface area contributed by atoms with E-state index in [9.17, 15) is 4.79 Å². The molecule has 0 spiro atoms. The summed E-state index contributed by atoms with van der Waals surface area (Å²) >= 11 is 0. The summed E-state index contributed by atoms with van der Waals surface area (Å²) in [6, 6.07) is 0.277. The highest BCUT2D eigenvalue weighted by Gasteiger charge is 2.34. The molecule has 1 aliphatic carbocycles. The van der Waals surface area contributed by atoms with E-state index >= 15 is 0 Å². The van der Waals surface area contributed by atoms with Crippen LogP contribution in [0.3, 0.4) is 0 Å². The maximum Gasteiger partial charge on any atom is 0.257 e. The molecule has 0 unspecified atom stereocenters. The van der Waals surface area contributed by atoms with E-state index in [4.69, 9.17) is 10.9 Å². The summed E-state index contributed by atoms with van der Waals surface area (Å²) in [6.45, 7) is 2.45. The fourth-order valence-corrected chi connectivity index (χ4v) is 2.25. The SMILES string of the molecule is CCc1nn(C)cc1C(=O)N(CC/C(N)=N/O)C1CC1. The van der Waals surface area contributed by atoms with Crippen LogP contribution in [0.4, 0.5) is 0 Å². The number of carbonyl (C=O) groups excluding carboxylic acids is 1. The highest BCUT2D eigenvalue weighted by atomic mass is 16.4. The number of aryl methyl sites for hydroxylation is 2. The first-order valence-electron chi connectivity index (χ1n) is 6.86. The third-order valence-corrected chi connectivity index (χ3v) is 3.46. The Hall–Kier alpha value is -2.05. The van der Waals surface area contributed by atoms with Gasteiger partial charge in [-0.1, -0.05) is 12.1 Å². The minimum absolute atomic E-state index is 0.0109. The van der Waals surface area contributed by atoms with Crippen molar-refractivity contribution in [3.63, 3.8) is 0 Å². The second-order valence-corrected chi connectivity index (χ2v) is 5.09. The summed E-state index contributed by atoms with van der Waals surface area (Å²) in [5.41, 5.74) is 6.95. The summed E-state index contributed by atoms with van der Waals surface area (Å²) in [6.07, 6.45) is 4.90. The average molecular weight is 279 g/mol. The number of amidine groups is 1. The van der Waals surface area contributed by atoms with Crippen LogP contribution in [0.1, 0.15) is 42.2 Å². The number of nitrogens with zero attached hydrogens (tertiary/aromatic N) is 4. The third-order valence-electron chi connectivity index (χ3n) is 3.46. The fraction of sp³-hybridized carbons (Fsp3) is 0.615. The largest absolute Gasteiger partial charge is 0.409 e. The standard InChI is InChI=1S/C13H21N5O2/c1-3-11-10(8-17(2)15-11)13(19)18(9-4-5-9)7-6-12(14)16-20/h8-9,20H,3-7H2,1-2H3,(H2,14,16). The molecule has 7 heteroatoms. The third kappa shape index (κ3) is 3.09. The van der Waals surface area contributed by atoms with Crippen LogP contribution in [-0.2, 0) is 13.5 Å². The Morgan fingerprint density at radius 2 is 2.35 bits per heavy atom. The molecule has 0 saturated heterocycles. The molecule has 0 aromatic carbocycles. The van der Waals surface area contributed by atoms with E-state index in [0.717, 1.165) is 25.0 Å². The summed E-state index contributed by atoms with van der Waals surface area (Å²) in [5, 5.41) is 15.8. The van der Waals surface area contributed by atoms with Gasteiger partial charge in [0.2, 0.25) is 0 Å². The number of oxime groups is 1. The molecule has 1 aromatic rings. The summed E-state index contributed by atoms with van der Waals surface area (Å²) in [5.74, 6) is 0.133. The van der Waals surface area contributed by atoms with Gasteiger partial charge in [-0.15, -0.1) is 0 Å². The zero-order chi connectivity index (χ0) is 14.7. The number of hydrogen-bond acceptors (Lipinski definition) is 4. The molecule has 20 heavy (non-hydrogen) atoms. The van der Waals surface area contributed by atoms with Gasteiger partial charge < -0.3 is 15.8 Å². The zero-order valence-corrected chi connectivity index (χ0v) is 11.9. The maximum absolute atomic E-state index is 12.6. The second kappa shape index (κ2) is 5.94. The normalized spacial score (nSPS) is 15.4. The molecule has 1 fully saturated rings. The van der Waals surface area contributed by atoms with Crippen LogP contribution in [-0.4, -0.2) is 44.2 Å². The molecule has 1 heterocycles. The van der Waals surface area contributed by atoms with Gasteiger partial charge in [-0.05, 0) is 19.3 Å². The van der Waals surface area contributed by atoms with Crippen molar-refractivity contribution in [3.8, 4) is 0 Å². The van der Waals surface area contributed by atoms with Crippen LogP contribution >= 0.6 is 0 Å². The zero-order valence-electron chi connectivity index (χ0n) is 11.9. The van der Waals surface area contributed by atoms with E-state index in [1.165, 1.54) is 0 Å². The van der Waals surface area contributed by atoms with Gasteiger partial charge in [0.15, 0.2) is 0 Å². The van der Waals surface area contributed by atoms with Gasteiger partial charge in [0.25, 0.3) is 5.91 Å². The van der Waals surface area contributed by atoms with Crippen LogP contribution in [0.15, 0.2) is 11.4 Å². The molecule has 1 aromatic heterocycles. The molecular formula is C13H21N5O2. The lowest BCUT2D eigenvalue weighted by molar-refractivity contribution is 0.0746. The average Bonchev–Trinajstić information content (AvgIpc) is 3.20. The number of hydrogen-bond donors (Lipinski definition) is 2. The summed E-state index contributed by atoms with van der Waals surface area (Å²) < 4.78 is 1.67. The molecule has 1 amide bonds. The van der Waals surface area contributed by atoms with Crippen molar-refractivity contribution in [2.45, 2.75) is 38.6 Å². The van der Waals surface area contributed by atoms with Gasteiger partial charge in [0.1, 0.15) is 5.84 Å². The van der Waals surface area contributed by atoms with E-state index in [-0.39, 0.29) is 17.8 Å². The summed E-state index contributed by atoms with van der Waals surface area (Å²) in [4.78, 5) is 14.5. The van der Waals surface area contributed by atoms with E-state index in [0.29, 0.717) is 18.5 Å². The van der Waals surface area contributed by atoms with Crippen molar-refractivity contribution in [2.75, 3.05) is 6.54 Å². The number of amides is 1. The smallest absolute Gasteiger partial charge is 0.257 e. The van der Waals surface area contributed by atoms with Gasteiger partial charge >= 0.3 is 0 Å². The number of carbonyl (C=O) groups is 1.